The molecule has 0 saturated carbocycles. The highest BCUT2D eigenvalue weighted by atomic mass is 79.9. The molecule has 6 nitrogen and oxygen atoms in total. The Bertz CT molecular complexity index is 414. The number of amides is 1. The molecule has 0 radical (unpaired) electrons. The normalized spacial score (nSPS) is 10.9. The van der Waals surface area contributed by atoms with Crippen LogP contribution in [-0.2, 0) is 14.3 Å². The predicted octanol–water partition coefficient (Wildman–Crippen LogP) is 1.77. The number of rotatable bonds is 10. The standard InChI is InChI=1S/C14H22BrN3O3/c1-20-8-3-6-18(7-9-21-2)11-14(19)17-13-5-4-12(15)10-16-13/h4-5,10H,3,6-9,11H2,1-2H3,(H,16,17,19). The molecule has 118 valence electrons. The molecule has 0 bridgehead atoms. The van der Waals surface area contributed by atoms with Crippen LogP contribution in [-0.4, -0.2) is 62.9 Å². The van der Waals surface area contributed by atoms with E-state index in [-0.39, 0.29) is 5.91 Å². The monoisotopic (exact) mass is 359 g/mol. The van der Waals surface area contributed by atoms with E-state index in [1.807, 2.05) is 11.0 Å². The van der Waals surface area contributed by atoms with Gasteiger partial charge < -0.3 is 14.8 Å². The van der Waals surface area contributed by atoms with Crippen molar-refractivity contribution in [3.8, 4) is 0 Å². The molecule has 0 aromatic carbocycles. The van der Waals surface area contributed by atoms with E-state index in [0.29, 0.717) is 32.1 Å². The SMILES string of the molecule is COCCCN(CCOC)CC(=O)Nc1ccc(Br)cn1. The van der Waals surface area contributed by atoms with Crippen LogP contribution in [0.1, 0.15) is 6.42 Å². The summed E-state index contributed by atoms with van der Waals surface area (Å²) in [5, 5.41) is 2.78. The van der Waals surface area contributed by atoms with E-state index in [9.17, 15) is 4.79 Å². The minimum atomic E-state index is -0.0849. The fraction of sp³-hybridized carbons (Fsp3) is 0.571. The third-order valence-electron chi connectivity index (χ3n) is 2.80. The molecule has 0 spiro atoms. The third-order valence-corrected chi connectivity index (χ3v) is 3.27. The Morgan fingerprint density at radius 2 is 2.05 bits per heavy atom. The van der Waals surface area contributed by atoms with E-state index in [1.165, 1.54) is 0 Å². The largest absolute Gasteiger partial charge is 0.385 e. The van der Waals surface area contributed by atoms with Gasteiger partial charge in [-0.3, -0.25) is 9.69 Å². The fourth-order valence-electron chi connectivity index (χ4n) is 1.76. The number of carbonyl (C=O) groups excluding carboxylic acids is 1. The molecular weight excluding hydrogens is 338 g/mol. The molecule has 1 N–H and O–H groups in total. The second-order valence-electron chi connectivity index (χ2n) is 4.53. The summed E-state index contributed by atoms with van der Waals surface area (Å²) in [5.41, 5.74) is 0. The molecule has 0 aliphatic heterocycles. The number of anilines is 1. The van der Waals surface area contributed by atoms with Gasteiger partial charge in [-0.05, 0) is 34.5 Å². The lowest BCUT2D eigenvalue weighted by molar-refractivity contribution is -0.117. The molecule has 0 aliphatic rings. The van der Waals surface area contributed by atoms with Crippen molar-refractivity contribution in [2.75, 3.05) is 52.4 Å². The van der Waals surface area contributed by atoms with Crippen LogP contribution in [0.5, 0.6) is 0 Å². The van der Waals surface area contributed by atoms with Gasteiger partial charge in [0.2, 0.25) is 5.91 Å². The van der Waals surface area contributed by atoms with Crippen LogP contribution in [0.3, 0.4) is 0 Å². The first kappa shape index (κ1) is 18.0. The first-order chi connectivity index (χ1) is 10.2. The number of hydrogen-bond donors (Lipinski definition) is 1. The first-order valence-corrected chi connectivity index (χ1v) is 7.56. The maximum Gasteiger partial charge on any atom is 0.239 e. The molecule has 0 unspecified atom stereocenters. The van der Waals surface area contributed by atoms with Crippen LogP contribution in [0.15, 0.2) is 22.8 Å². The molecule has 0 atom stereocenters. The van der Waals surface area contributed by atoms with E-state index < -0.39 is 0 Å². The molecule has 1 aromatic heterocycles. The third kappa shape index (κ3) is 8.11. The Kier molecular flexibility index (Phi) is 9.16. The maximum atomic E-state index is 12.0. The topological polar surface area (TPSA) is 63.7 Å². The summed E-state index contributed by atoms with van der Waals surface area (Å²) < 4.78 is 11.0. The van der Waals surface area contributed by atoms with E-state index in [4.69, 9.17) is 9.47 Å². The average molecular weight is 360 g/mol. The quantitative estimate of drug-likeness (QED) is 0.645. The van der Waals surface area contributed by atoms with Crippen molar-refractivity contribution in [3.63, 3.8) is 0 Å². The van der Waals surface area contributed by atoms with Crippen LogP contribution in [0.2, 0.25) is 0 Å². The number of nitrogens with one attached hydrogen (secondary N) is 1. The molecule has 0 fully saturated rings. The number of halogens is 1. The second kappa shape index (κ2) is 10.7. The van der Waals surface area contributed by atoms with Gasteiger partial charge in [-0.25, -0.2) is 4.98 Å². The smallest absolute Gasteiger partial charge is 0.239 e. The molecule has 1 amide bonds. The number of methoxy groups -OCH3 is 2. The van der Waals surface area contributed by atoms with E-state index in [0.717, 1.165) is 17.4 Å². The summed E-state index contributed by atoms with van der Waals surface area (Å²) in [5.74, 6) is 0.463. The Balaban J connectivity index is 2.43. The molecule has 0 aliphatic carbocycles. The van der Waals surface area contributed by atoms with Crippen molar-refractivity contribution in [1.29, 1.82) is 0 Å². The lowest BCUT2D eigenvalue weighted by Gasteiger charge is -2.21. The Morgan fingerprint density at radius 3 is 2.67 bits per heavy atom. The molecule has 0 saturated heterocycles. The average Bonchev–Trinajstić information content (AvgIpc) is 2.47. The highest BCUT2D eigenvalue weighted by Crippen LogP contribution is 2.10. The number of aromatic nitrogens is 1. The summed E-state index contributed by atoms with van der Waals surface area (Å²) >= 11 is 3.31. The van der Waals surface area contributed by atoms with Crippen molar-refractivity contribution in [2.24, 2.45) is 0 Å². The van der Waals surface area contributed by atoms with Crippen molar-refractivity contribution >= 4 is 27.7 Å². The van der Waals surface area contributed by atoms with Crippen molar-refractivity contribution in [2.45, 2.75) is 6.42 Å². The lowest BCUT2D eigenvalue weighted by Crippen LogP contribution is -2.36. The predicted molar refractivity (Wildman–Crippen MR) is 85.4 cm³/mol. The molecule has 1 aromatic rings. The molecule has 7 heteroatoms. The molecular formula is C14H22BrN3O3. The lowest BCUT2D eigenvalue weighted by atomic mass is 10.3. The minimum Gasteiger partial charge on any atom is -0.385 e. The van der Waals surface area contributed by atoms with Gasteiger partial charge in [-0.2, -0.15) is 0 Å². The summed E-state index contributed by atoms with van der Waals surface area (Å²) in [7, 11) is 3.32. The number of hydrogen-bond acceptors (Lipinski definition) is 5. The molecule has 21 heavy (non-hydrogen) atoms. The zero-order chi connectivity index (χ0) is 15.5. The summed E-state index contributed by atoms with van der Waals surface area (Å²) in [6.07, 6.45) is 2.53. The second-order valence-corrected chi connectivity index (χ2v) is 5.44. The van der Waals surface area contributed by atoms with Crippen LogP contribution < -0.4 is 5.32 Å². The van der Waals surface area contributed by atoms with Crippen molar-refractivity contribution in [1.82, 2.24) is 9.88 Å². The Morgan fingerprint density at radius 1 is 1.29 bits per heavy atom. The van der Waals surface area contributed by atoms with Gasteiger partial charge in [0.25, 0.3) is 0 Å². The van der Waals surface area contributed by atoms with Crippen LogP contribution >= 0.6 is 15.9 Å². The van der Waals surface area contributed by atoms with Gasteiger partial charge in [0, 0.05) is 44.6 Å². The zero-order valence-corrected chi connectivity index (χ0v) is 14.1. The minimum absolute atomic E-state index is 0.0849. The summed E-state index contributed by atoms with van der Waals surface area (Å²) in [4.78, 5) is 18.2. The maximum absolute atomic E-state index is 12.0. The van der Waals surface area contributed by atoms with Crippen LogP contribution in [0.4, 0.5) is 5.82 Å². The summed E-state index contributed by atoms with van der Waals surface area (Å²) in [6.45, 7) is 3.08. The number of ether oxygens (including phenoxy) is 2. The van der Waals surface area contributed by atoms with E-state index in [1.54, 1.807) is 26.5 Å². The van der Waals surface area contributed by atoms with Crippen LogP contribution in [0.25, 0.3) is 0 Å². The molecule has 1 rings (SSSR count). The van der Waals surface area contributed by atoms with Gasteiger partial charge in [0.1, 0.15) is 5.82 Å². The molecule has 1 heterocycles. The Labute approximate surface area is 134 Å². The zero-order valence-electron chi connectivity index (χ0n) is 12.5. The first-order valence-electron chi connectivity index (χ1n) is 6.77. The van der Waals surface area contributed by atoms with Gasteiger partial charge in [-0.15, -0.1) is 0 Å². The number of pyridine rings is 1. The fourth-order valence-corrected chi connectivity index (χ4v) is 1.99. The van der Waals surface area contributed by atoms with Crippen molar-refractivity contribution < 1.29 is 14.3 Å². The van der Waals surface area contributed by atoms with Crippen molar-refractivity contribution in [3.05, 3.63) is 22.8 Å². The van der Waals surface area contributed by atoms with Gasteiger partial charge in [-0.1, -0.05) is 0 Å². The Hall–Kier alpha value is -1.02. The highest BCUT2D eigenvalue weighted by Gasteiger charge is 2.11. The highest BCUT2D eigenvalue weighted by molar-refractivity contribution is 9.10. The summed E-state index contributed by atoms with van der Waals surface area (Å²) in [6, 6.07) is 3.59. The van der Waals surface area contributed by atoms with Gasteiger partial charge >= 0.3 is 0 Å². The van der Waals surface area contributed by atoms with Crippen LogP contribution in [0, 0.1) is 0 Å². The van der Waals surface area contributed by atoms with E-state index in [2.05, 4.69) is 26.2 Å². The van der Waals surface area contributed by atoms with Gasteiger partial charge in [0.15, 0.2) is 0 Å². The van der Waals surface area contributed by atoms with Gasteiger partial charge in [0.05, 0.1) is 13.2 Å². The van der Waals surface area contributed by atoms with E-state index >= 15 is 0 Å². The number of nitrogens with zero attached hydrogens (tertiary/aromatic N) is 2. The number of carbonyl (C=O) groups is 1.